The van der Waals surface area contributed by atoms with E-state index in [0.29, 0.717) is 17.2 Å². The van der Waals surface area contributed by atoms with Crippen molar-refractivity contribution in [2.24, 2.45) is 14.1 Å². The van der Waals surface area contributed by atoms with Crippen molar-refractivity contribution in [1.29, 1.82) is 0 Å². The minimum Gasteiger partial charge on any atom is -0.437 e. The molecule has 0 aliphatic rings. The molecular formula is C37H28N5O+. The van der Waals surface area contributed by atoms with E-state index in [1.54, 1.807) is 0 Å². The van der Waals surface area contributed by atoms with Gasteiger partial charge in [0.2, 0.25) is 5.71 Å². The lowest BCUT2D eigenvalue weighted by Crippen LogP contribution is -2.30. The van der Waals surface area contributed by atoms with Gasteiger partial charge in [0.1, 0.15) is 11.3 Å². The van der Waals surface area contributed by atoms with E-state index in [0.717, 1.165) is 66.9 Å². The van der Waals surface area contributed by atoms with Crippen LogP contribution in [0.1, 0.15) is 5.56 Å². The third-order valence-corrected chi connectivity index (χ3v) is 8.27. The van der Waals surface area contributed by atoms with Gasteiger partial charge >= 0.3 is 0 Å². The molecule has 0 bridgehead atoms. The van der Waals surface area contributed by atoms with Gasteiger partial charge in [-0.15, -0.1) is 0 Å². The fraction of sp³-hybridized carbons (Fsp3) is 0.0811. The Morgan fingerprint density at radius 3 is 1.95 bits per heavy atom. The van der Waals surface area contributed by atoms with E-state index >= 15 is 0 Å². The number of fused-ring (bicyclic) bond motifs is 4. The second-order valence-corrected chi connectivity index (χ2v) is 10.9. The number of benzene rings is 4. The molecule has 4 aromatic heterocycles. The summed E-state index contributed by atoms with van der Waals surface area (Å²) in [6.45, 7) is 2.13. The topological polar surface area (TPSA) is 60.6 Å². The summed E-state index contributed by atoms with van der Waals surface area (Å²) in [7, 11) is 4.21. The van der Waals surface area contributed by atoms with E-state index in [2.05, 4.69) is 96.9 Å². The Hall–Kier alpha value is -5.62. The molecule has 0 saturated heterocycles. The molecule has 6 nitrogen and oxygen atoms in total. The first-order chi connectivity index (χ1) is 21.1. The van der Waals surface area contributed by atoms with Crippen molar-refractivity contribution in [3.8, 4) is 45.4 Å². The Balaban J connectivity index is 1.33. The van der Waals surface area contributed by atoms with Gasteiger partial charge in [0.25, 0.3) is 5.82 Å². The molecule has 0 aliphatic heterocycles. The van der Waals surface area contributed by atoms with Crippen molar-refractivity contribution in [2.75, 3.05) is 0 Å². The van der Waals surface area contributed by atoms with Gasteiger partial charge in [-0.25, -0.2) is 24.1 Å². The highest BCUT2D eigenvalue weighted by Gasteiger charge is 2.27. The molecule has 0 N–H and O–H groups in total. The van der Waals surface area contributed by atoms with E-state index in [-0.39, 0.29) is 0 Å². The third kappa shape index (κ3) is 4.02. The van der Waals surface area contributed by atoms with Crippen molar-refractivity contribution in [3.05, 3.63) is 121 Å². The second-order valence-electron chi connectivity index (χ2n) is 10.9. The summed E-state index contributed by atoms with van der Waals surface area (Å²) in [4.78, 5) is 14.9. The molecule has 8 aromatic rings. The lowest BCUT2D eigenvalue weighted by molar-refractivity contribution is -0.634. The Kier molecular flexibility index (Phi) is 5.69. The maximum Gasteiger partial charge on any atom is 0.293 e. The number of aryl methyl sites for hydroxylation is 3. The number of imidazole rings is 1. The monoisotopic (exact) mass is 558 g/mol. The molecule has 0 amide bonds. The van der Waals surface area contributed by atoms with Crippen LogP contribution in [0.4, 0.5) is 0 Å². The van der Waals surface area contributed by atoms with E-state index in [1.165, 1.54) is 0 Å². The van der Waals surface area contributed by atoms with Gasteiger partial charge < -0.3 is 4.42 Å². The van der Waals surface area contributed by atoms with Crippen LogP contribution in [-0.4, -0.2) is 19.5 Å². The minimum absolute atomic E-state index is 0.555. The molecule has 0 aliphatic carbocycles. The first kappa shape index (κ1) is 25.1. The molecule has 0 fully saturated rings. The Morgan fingerprint density at radius 1 is 0.651 bits per heavy atom. The maximum atomic E-state index is 6.62. The van der Waals surface area contributed by atoms with Crippen LogP contribution in [0.15, 0.2) is 120 Å². The average Bonchev–Trinajstić information content (AvgIpc) is 3.55. The molecule has 0 saturated carbocycles. The smallest absolute Gasteiger partial charge is 0.293 e. The third-order valence-electron chi connectivity index (χ3n) is 8.27. The number of hydrogen-bond acceptors (Lipinski definition) is 4. The van der Waals surface area contributed by atoms with Gasteiger partial charge in [-0.3, -0.25) is 0 Å². The number of aromatic nitrogens is 5. The largest absolute Gasteiger partial charge is 0.437 e. The molecule has 4 aromatic carbocycles. The quantitative estimate of drug-likeness (QED) is 0.205. The number of furan rings is 1. The number of hydrogen-bond donors (Lipinski definition) is 0. The van der Waals surface area contributed by atoms with Crippen molar-refractivity contribution >= 4 is 33.1 Å². The van der Waals surface area contributed by atoms with Crippen LogP contribution >= 0.6 is 0 Å². The summed E-state index contributed by atoms with van der Waals surface area (Å²) >= 11 is 0. The van der Waals surface area contributed by atoms with E-state index in [1.807, 2.05) is 48.5 Å². The van der Waals surface area contributed by atoms with Crippen molar-refractivity contribution < 1.29 is 8.98 Å². The Bertz CT molecular complexity index is 2220. The predicted octanol–water partition coefficient (Wildman–Crippen LogP) is 8.06. The summed E-state index contributed by atoms with van der Waals surface area (Å²) in [5.41, 5.74) is 10.3. The van der Waals surface area contributed by atoms with Crippen LogP contribution in [0.5, 0.6) is 0 Å². The van der Waals surface area contributed by atoms with Gasteiger partial charge in [0.05, 0.1) is 25.5 Å². The fourth-order valence-corrected chi connectivity index (χ4v) is 6.12. The minimum atomic E-state index is 0.555. The van der Waals surface area contributed by atoms with Gasteiger partial charge in [-0.2, -0.15) is 0 Å². The normalized spacial score (nSPS) is 11.6. The fourth-order valence-electron chi connectivity index (χ4n) is 6.12. The summed E-state index contributed by atoms with van der Waals surface area (Å²) in [6.07, 6.45) is 0. The molecule has 8 rings (SSSR count). The van der Waals surface area contributed by atoms with Gasteiger partial charge in [-0.1, -0.05) is 84.9 Å². The zero-order chi connectivity index (χ0) is 29.1. The highest BCUT2D eigenvalue weighted by Crippen LogP contribution is 2.38. The SMILES string of the molecule is Cc1ccc2c(oc3nc(-c4nc(-c5ccccc5)cc(-c5ccccc5)n4)ccc32)c1-c1n(C)c2ccccc2[n+]1C. The summed E-state index contributed by atoms with van der Waals surface area (Å²) in [6, 6.07) is 39.2. The summed E-state index contributed by atoms with van der Waals surface area (Å²) in [5, 5.41) is 1.99. The number of pyridine rings is 1. The molecule has 206 valence electrons. The van der Waals surface area contributed by atoms with Crippen molar-refractivity contribution in [2.45, 2.75) is 6.92 Å². The van der Waals surface area contributed by atoms with Crippen LogP contribution in [-0.2, 0) is 14.1 Å². The lowest BCUT2D eigenvalue weighted by Gasteiger charge is -2.08. The average molecular weight is 559 g/mol. The van der Waals surface area contributed by atoms with Crippen molar-refractivity contribution in [1.82, 2.24) is 19.5 Å². The van der Waals surface area contributed by atoms with Crippen molar-refractivity contribution in [3.63, 3.8) is 0 Å². The van der Waals surface area contributed by atoms with E-state index < -0.39 is 0 Å². The lowest BCUT2D eigenvalue weighted by atomic mass is 10.0. The van der Waals surface area contributed by atoms with Gasteiger partial charge in [0.15, 0.2) is 22.4 Å². The van der Waals surface area contributed by atoms with Gasteiger partial charge in [-0.05, 0) is 42.8 Å². The second kappa shape index (κ2) is 9.74. The van der Waals surface area contributed by atoms with Crippen LogP contribution < -0.4 is 4.57 Å². The molecule has 6 heteroatoms. The highest BCUT2D eigenvalue weighted by atomic mass is 16.3. The Morgan fingerprint density at radius 2 is 1.28 bits per heavy atom. The molecule has 4 heterocycles. The van der Waals surface area contributed by atoms with E-state index in [4.69, 9.17) is 19.4 Å². The van der Waals surface area contributed by atoms with Crippen LogP contribution in [0, 0.1) is 6.92 Å². The molecule has 0 atom stereocenters. The zero-order valence-corrected chi connectivity index (χ0v) is 24.1. The number of rotatable bonds is 4. The highest BCUT2D eigenvalue weighted by molar-refractivity contribution is 6.09. The first-order valence-electron chi connectivity index (χ1n) is 14.3. The Labute approximate surface area is 248 Å². The maximum absolute atomic E-state index is 6.62. The molecule has 43 heavy (non-hydrogen) atoms. The van der Waals surface area contributed by atoms with Crippen LogP contribution in [0.3, 0.4) is 0 Å². The summed E-state index contributed by atoms with van der Waals surface area (Å²) < 4.78 is 11.1. The predicted molar refractivity (Wildman–Crippen MR) is 171 cm³/mol. The summed E-state index contributed by atoms with van der Waals surface area (Å²) in [5.74, 6) is 1.63. The van der Waals surface area contributed by atoms with E-state index in [9.17, 15) is 0 Å². The van der Waals surface area contributed by atoms with Crippen LogP contribution in [0.2, 0.25) is 0 Å². The molecule has 0 unspecified atom stereocenters. The standard InChI is InChI=1S/C37H28N5O/c1-23-18-19-26-27-20-21-28(35-38-29(24-12-6-4-7-13-24)22-30(39-35)25-14-8-5-9-15-25)40-36(27)43-34(26)33(23)37-41(2)31-16-10-11-17-32(31)42(37)3/h4-22H,1-3H3/q+1. The number of para-hydroxylation sites is 2. The molecular weight excluding hydrogens is 530 g/mol. The van der Waals surface area contributed by atoms with Crippen LogP contribution in [0.25, 0.3) is 78.5 Å². The molecule has 0 spiro atoms. The number of nitrogens with zero attached hydrogens (tertiary/aromatic N) is 5. The molecule has 0 radical (unpaired) electrons. The van der Waals surface area contributed by atoms with Gasteiger partial charge in [0, 0.05) is 21.9 Å². The first-order valence-corrected chi connectivity index (χ1v) is 14.3. The zero-order valence-electron chi connectivity index (χ0n) is 24.1.